The Labute approximate surface area is 122 Å². The Morgan fingerprint density at radius 3 is 2.89 bits per heavy atom. The number of nitrogens with zero attached hydrogens (tertiary/aromatic N) is 1. The summed E-state index contributed by atoms with van der Waals surface area (Å²) in [6.07, 6.45) is 1.54. The first-order valence-electron chi connectivity index (χ1n) is 5.40. The molecule has 2 aromatic rings. The lowest BCUT2D eigenvalue weighted by Crippen LogP contribution is -2.24. The highest BCUT2D eigenvalue weighted by Crippen LogP contribution is 2.16. The lowest BCUT2D eigenvalue weighted by atomic mass is 10.2. The van der Waals surface area contributed by atoms with Crippen LogP contribution in [0.25, 0.3) is 0 Å². The summed E-state index contributed by atoms with van der Waals surface area (Å²) in [7, 11) is 0. The van der Waals surface area contributed by atoms with Crippen LogP contribution in [0.1, 0.15) is 16.1 Å². The van der Waals surface area contributed by atoms with Gasteiger partial charge >= 0.3 is 0 Å². The minimum Gasteiger partial charge on any atom is -0.347 e. The van der Waals surface area contributed by atoms with Gasteiger partial charge in [-0.25, -0.2) is 9.37 Å². The molecule has 0 unspecified atom stereocenters. The number of aromatic nitrogens is 1. The van der Waals surface area contributed by atoms with E-state index in [4.69, 9.17) is 11.6 Å². The molecule has 1 amide bonds. The van der Waals surface area contributed by atoms with Crippen molar-refractivity contribution in [1.29, 1.82) is 0 Å². The second-order valence-electron chi connectivity index (χ2n) is 3.76. The largest absolute Gasteiger partial charge is 0.347 e. The number of carbonyl (C=O) groups is 1. The van der Waals surface area contributed by atoms with Crippen molar-refractivity contribution in [3.05, 3.63) is 63.1 Å². The quantitative estimate of drug-likeness (QED) is 0.926. The van der Waals surface area contributed by atoms with E-state index < -0.39 is 5.82 Å². The van der Waals surface area contributed by atoms with Crippen LogP contribution >= 0.6 is 27.5 Å². The van der Waals surface area contributed by atoms with E-state index in [1.165, 1.54) is 18.3 Å². The van der Waals surface area contributed by atoms with Crippen LogP contribution in [0, 0.1) is 5.82 Å². The first kappa shape index (κ1) is 14.0. The molecule has 1 N–H and O–H groups in total. The third-order valence-corrected chi connectivity index (χ3v) is 3.34. The zero-order chi connectivity index (χ0) is 13.8. The van der Waals surface area contributed by atoms with Crippen LogP contribution in [0.3, 0.4) is 0 Å². The molecule has 2 rings (SSSR count). The van der Waals surface area contributed by atoms with Crippen molar-refractivity contribution in [2.24, 2.45) is 0 Å². The highest BCUT2D eigenvalue weighted by Gasteiger charge is 2.10. The van der Waals surface area contributed by atoms with Gasteiger partial charge in [0.2, 0.25) is 0 Å². The highest BCUT2D eigenvalue weighted by molar-refractivity contribution is 9.10. The van der Waals surface area contributed by atoms with Gasteiger partial charge in [-0.15, -0.1) is 0 Å². The third-order valence-electron chi connectivity index (χ3n) is 2.41. The van der Waals surface area contributed by atoms with E-state index in [0.717, 1.165) is 0 Å². The van der Waals surface area contributed by atoms with Crippen LogP contribution in [0.5, 0.6) is 0 Å². The summed E-state index contributed by atoms with van der Waals surface area (Å²) >= 11 is 8.91. The molecule has 1 aromatic carbocycles. The average Bonchev–Trinajstić information content (AvgIpc) is 2.40. The van der Waals surface area contributed by atoms with Crippen LogP contribution in [0.15, 0.2) is 41.0 Å². The van der Waals surface area contributed by atoms with Crippen LogP contribution < -0.4 is 5.32 Å². The number of pyridine rings is 1. The number of benzene rings is 1. The summed E-state index contributed by atoms with van der Waals surface area (Å²) in [6.45, 7) is 0.252. The smallest absolute Gasteiger partial charge is 0.271 e. The zero-order valence-corrected chi connectivity index (χ0v) is 12.0. The van der Waals surface area contributed by atoms with Crippen molar-refractivity contribution in [3.63, 3.8) is 0 Å². The topological polar surface area (TPSA) is 42.0 Å². The van der Waals surface area contributed by atoms with Crippen molar-refractivity contribution < 1.29 is 9.18 Å². The summed E-state index contributed by atoms with van der Waals surface area (Å²) in [4.78, 5) is 15.9. The van der Waals surface area contributed by atoms with Crippen LogP contribution in [0.4, 0.5) is 4.39 Å². The van der Waals surface area contributed by atoms with Gasteiger partial charge in [-0.3, -0.25) is 4.79 Å². The van der Waals surface area contributed by atoms with E-state index in [2.05, 4.69) is 26.2 Å². The summed E-state index contributed by atoms with van der Waals surface area (Å²) in [5.41, 5.74) is 1.02. The molecule has 0 radical (unpaired) electrons. The fraction of sp³-hybridized carbons (Fsp3) is 0.0769. The molecule has 19 heavy (non-hydrogen) atoms. The Hall–Kier alpha value is -1.46. The molecule has 0 saturated carbocycles. The van der Waals surface area contributed by atoms with Gasteiger partial charge in [0.15, 0.2) is 0 Å². The normalized spacial score (nSPS) is 10.3. The Morgan fingerprint density at radius 2 is 2.21 bits per heavy atom. The molecule has 3 nitrogen and oxygen atoms in total. The van der Waals surface area contributed by atoms with Crippen LogP contribution in [-0.2, 0) is 6.54 Å². The van der Waals surface area contributed by atoms with Crippen LogP contribution in [-0.4, -0.2) is 10.9 Å². The van der Waals surface area contributed by atoms with Gasteiger partial charge in [-0.05, 0) is 45.8 Å². The fourth-order valence-corrected chi connectivity index (χ4v) is 2.11. The average molecular weight is 344 g/mol. The monoisotopic (exact) mass is 342 g/mol. The Bertz CT molecular complexity index is 621. The molecule has 0 saturated heterocycles. The fourth-order valence-electron chi connectivity index (χ4n) is 1.47. The first-order chi connectivity index (χ1) is 9.08. The highest BCUT2D eigenvalue weighted by atomic mass is 79.9. The molecule has 1 heterocycles. The van der Waals surface area contributed by atoms with Crippen molar-refractivity contribution >= 4 is 33.4 Å². The second-order valence-corrected chi connectivity index (χ2v) is 5.03. The van der Waals surface area contributed by atoms with E-state index in [1.807, 2.05) is 0 Å². The van der Waals surface area contributed by atoms with Gasteiger partial charge in [-0.2, -0.15) is 0 Å². The van der Waals surface area contributed by atoms with E-state index in [-0.39, 0.29) is 17.5 Å². The van der Waals surface area contributed by atoms with Crippen LogP contribution in [0.2, 0.25) is 5.02 Å². The van der Waals surface area contributed by atoms with E-state index in [1.54, 1.807) is 18.2 Å². The number of carbonyl (C=O) groups excluding carboxylic acids is 1. The molecule has 0 spiro atoms. The van der Waals surface area contributed by atoms with Gasteiger partial charge in [0.05, 0.1) is 5.02 Å². The van der Waals surface area contributed by atoms with Gasteiger partial charge in [0.25, 0.3) is 5.91 Å². The number of rotatable bonds is 3. The molecule has 0 aliphatic carbocycles. The molecule has 0 bridgehead atoms. The molecule has 98 valence electrons. The first-order valence-corrected chi connectivity index (χ1v) is 6.57. The summed E-state index contributed by atoms with van der Waals surface area (Å²) in [5.74, 6) is -0.794. The summed E-state index contributed by atoms with van der Waals surface area (Å²) in [6, 6.07) is 7.76. The Balaban J connectivity index is 2.04. The van der Waals surface area contributed by atoms with Crippen molar-refractivity contribution in [3.8, 4) is 0 Å². The number of hydrogen-bond acceptors (Lipinski definition) is 2. The maximum atomic E-state index is 13.0. The molecule has 0 aliphatic rings. The maximum absolute atomic E-state index is 13.0. The standard InChI is InChI=1S/C13H9BrClFN2O/c14-9-2-1-5-17-12(9)13(19)18-7-8-3-4-11(16)10(15)6-8/h1-6H,7H2,(H,18,19). The van der Waals surface area contributed by atoms with E-state index in [0.29, 0.717) is 15.7 Å². The van der Waals surface area contributed by atoms with E-state index in [9.17, 15) is 9.18 Å². The molecular formula is C13H9BrClFN2O. The molecule has 0 fully saturated rings. The zero-order valence-electron chi connectivity index (χ0n) is 9.66. The molecule has 1 aromatic heterocycles. The maximum Gasteiger partial charge on any atom is 0.271 e. The molecular weight excluding hydrogens is 335 g/mol. The minimum absolute atomic E-state index is 0.0331. The lowest BCUT2D eigenvalue weighted by molar-refractivity contribution is 0.0945. The number of nitrogens with one attached hydrogen (secondary N) is 1. The number of amides is 1. The predicted octanol–water partition coefficient (Wildman–Crippen LogP) is 3.57. The summed E-state index contributed by atoms with van der Waals surface area (Å²) in [5, 5.41) is 2.72. The number of halogens is 3. The van der Waals surface area contributed by atoms with Gasteiger partial charge < -0.3 is 5.32 Å². The van der Waals surface area contributed by atoms with Gasteiger partial charge in [0.1, 0.15) is 11.5 Å². The molecule has 0 atom stereocenters. The van der Waals surface area contributed by atoms with Crippen molar-refractivity contribution in [1.82, 2.24) is 10.3 Å². The van der Waals surface area contributed by atoms with Gasteiger partial charge in [0, 0.05) is 17.2 Å². The summed E-state index contributed by atoms with van der Waals surface area (Å²) < 4.78 is 13.6. The number of hydrogen-bond donors (Lipinski definition) is 1. The van der Waals surface area contributed by atoms with Crippen molar-refractivity contribution in [2.75, 3.05) is 0 Å². The molecule has 0 aliphatic heterocycles. The Kier molecular flexibility index (Phi) is 4.50. The lowest BCUT2D eigenvalue weighted by Gasteiger charge is -2.06. The van der Waals surface area contributed by atoms with Crippen molar-refractivity contribution in [2.45, 2.75) is 6.54 Å². The third kappa shape index (κ3) is 3.52. The Morgan fingerprint density at radius 1 is 1.42 bits per heavy atom. The SMILES string of the molecule is O=C(NCc1ccc(F)c(Cl)c1)c1ncccc1Br. The second kappa shape index (κ2) is 6.12. The van der Waals surface area contributed by atoms with Gasteiger partial charge in [-0.1, -0.05) is 17.7 Å². The van der Waals surface area contributed by atoms with E-state index >= 15 is 0 Å². The minimum atomic E-state index is -0.482. The molecule has 6 heteroatoms. The predicted molar refractivity (Wildman–Crippen MR) is 74.5 cm³/mol.